The lowest BCUT2D eigenvalue weighted by molar-refractivity contribution is 0.226. The summed E-state index contributed by atoms with van der Waals surface area (Å²) in [6.45, 7) is 3.65. The van der Waals surface area contributed by atoms with Crippen molar-refractivity contribution in [3.05, 3.63) is 22.3 Å². The SMILES string of the molecule is Cc1nc(OCCN(C)C2CC2)ccc1Br. The average Bonchev–Trinajstić information content (AvgIpc) is 3.07. The van der Waals surface area contributed by atoms with Crippen LogP contribution in [0.15, 0.2) is 16.6 Å². The fourth-order valence-corrected chi connectivity index (χ4v) is 1.81. The highest BCUT2D eigenvalue weighted by Crippen LogP contribution is 2.24. The molecule has 0 saturated heterocycles. The van der Waals surface area contributed by atoms with E-state index >= 15 is 0 Å². The van der Waals surface area contributed by atoms with Gasteiger partial charge in [0.2, 0.25) is 5.88 Å². The fourth-order valence-electron chi connectivity index (χ4n) is 1.59. The normalized spacial score (nSPS) is 15.5. The summed E-state index contributed by atoms with van der Waals surface area (Å²) in [7, 11) is 2.15. The summed E-state index contributed by atoms with van der Waals surface area (Å²) in [5.41, 5.74) is 0.966. The number of ether oxygens (including phenoxy) is 1. The van der Waals surface area contributed by atoms with Gasteiger partial charge in [0.1, 0.15) is 6.61 Å². The second-order valence-corrected chi connectivity index (χ2v) is 5.13. The van der Waals surface area contributed by atoms with Crippen molar-refractivity contribution in [2.45, 2.75) is 25.8 Å². The predicted octanol–water partition coefficient (Wildman–Crippen LogP) is 2.63. The van der Waals surface area contributed by atoms with Crippen LogP contribution in [-0.2, 0) is 0 Å². The first kappa shape index (κ1) is 11.9. The number of nitrogens with zero attached hydrogens (tertiary/aromatic N) is 2. The second kappa shape index (κ2) is 5.15. The molecular weight excluding hydrogens is 268 g/mol. The fraction of sp³-hybridized carbons (Fsp3) is 0.583. The maximum Gasteiger partial charge on any atom is 0.213 e. The molecule has 1 saturated carbocycles. The molecule has 0 bridgehead atoms. The molecule has 1 aliphatic rings. The van der Waals surface area contributed by atoms with Crippen LogP contribution in [0.1, 0.15) is 18.5 Å². The molecule has 0 amide bonds. The maximum absolute atomic E-state index is 5.62. The molecule has 0 N–H and O–H groups in total. The zero-order chi connectivity index (χ0) is 11.5. The van der Waals surface area contributed by atoms with E-state index in [9.17, 15) is 0 Å². The Morgan fingerprint density at radius 2 is 2.25 bits per heavy atom. The highest BCUT2D eigenvalue weighted by Gasteiger charge is 2.25. The number of halogens is 1. The van der Waals surface area contributed by atoms with Crippen LogP contribution >= 0.6 is 15.9 Å². The maximum atomic E-state index is 5.62. The molecular formula is C12H17BrN2O. The highest BCUT2D eigenvalue weighted by atomic mass is 79.9. The number of aryl methyl sites for hydroxylation is 1. The van der Waals surface area contributed by atoms with Crippen molar-refractivity contribution >= 4 is 15.9 Å². The van der Waals surface area contributed by atoms with E-state index in [0.717, 1.165) is 22.8 Å². The van der Waals surface area contributed by atoms with Crippen LogP contribution in [0.4, 0.5) is 0 Å². The largest absolute Gasteiger partial charge is 0.476 e. The molecule has 0 aliphatic heterocycles. The Bertz CT molecular complexity index is 366. The number of hydrogen-bond acceptors (Lipinski definition) is 3. The Balaban J connectivity index is 1.78. The van der Waals surface area contributed by atoms with E-state index in [0.29, 0.717) is 12.5 Å². The number of pyridine rings is 1. The first-order valence-corrected chi connectivity index (χ1v) is 6.42. The predicted molar refractivity (Wildman–Crippen MR) is 67.8 cm³/mol. The molecule has 1 fully saturated rings. The van der Waals surface area contributed by atoms with E-state index in [4.69, 9.17) is 4.74 Å². The molecule has 1 aromatic rings. The summed E-state index contributed by atoms with van der Waals surface area (Å²) in [5, 5.41) is 0. The summed E-state index contributed by atoms with van der Waals surface area (Å²) in [5.74, 6) is 0.713. The van der Waals surface area contributed by atoms with Crippen LogP contribution in [0, 0.1) is 6.92 Å². The van der Waals surface area contributed by atoms with Gasteiger partial charge >= 0.3 is 0 Å². The molecule has 88 valence electrons. The zero-order valence-electron chi connectivity index (χ0n) is 9.74. The van der Waals surface area contributed by atoms with Gasteiger partial charge in [-0.15, -0.1) is 0 Å². The zero-order valence-corrected chi connectivity index (χ0v) is 11.3. The first-order valence-electron chi connectivity index (χ1n) is 5.63. The van der Waals surface area contributed by atoms with Gasteiger partial charge in [0.25, 0.3) is 0 Å². The molecule has 1 aliphatic carbocycles. The highest BCUT2D eigenvalue weighted by molar-refractivity contribution is 9.10. The standard InChI is InChI=1S/C12H17BrN2O/c1-9-11(13)5-6-12(14-9)16-8-7-15(2)10-3-4-10/h5-6,10H,3-4,7-8H2,1-2H3. The third-order valence-corrected chi connectivity index (χ3v) is 3.70. The molecule has 0 aromatic carbocycles. The van der Waals surface area contributed by atoms with E-state index < -0.39 is 0 Å². The Morgan fingerprint density at radius 3 is 2.88 bits per heavy atom. The Morgan fingerprint density at radius 1 is 1.50 bits per heavy atom. The van der Waals surface area contributed by atoms with E-state index in [1.54, 1.807) is 0 Å². The monoisotopic (exact) mass is 284 g/mol. The van der Waals surface area contributed by atoms with E-state index in [1.165, 1.54) is 12.8 Å². The summed E-state index contributed by atoms with van der Waals surface area (Å²) >= 11 is 3.42. The molecule has 0 spiro atoms. The van der Waals surface area contributed by atoms with Gasteiger partial charge in [0.15, 0.2) is 0 Å². The van der Waals surface area contributed by atoms with Crippen LogP contribution in [0.5, 0.6) is 5.88 Å². The Hall–Kier alpha value is -0.610. The van der Waals surface area contributed by atoms with Gasteiger partial charge in [0.05, 0.1) is 5.69 Å². The minimum Gasteiger partial charge on any atom is -0.476 e. The third kappa shape index (κ3) is 3.19. The van der Waals surface area contributed by atoms with Crippen molar-refractivity contribution in [1.82, 2.24) is 9.88 Å². The van der Waals surface area contributed by atoms with Crippen LogP contribution in [0.25, 0.3) is 0 Å². The van der Waals surface area contributed by atoms with E-state index in [-0.39, 0.29) is 0 Å². The van der Waals surface area contributed by atoms with E-state index in [1.807, 2.05) is 19.1 Å². The van der Waals surface area contributed by atoms with Gasteiger partial charge in [-0.25, -0.2) is 4.98 Å². The number of rotatable bonds is 5. The summed E-state index contributed by atoms with van der Waals surface area (Å²) < 4.78 is 6.64. The van der Waals surface area contributed by atoms with Gasteiger partial charge in [-0.05, 0) is 48.8 Å². The first-order chi connectivity index (χ1) is 7.66. The van der Waals surface area contributed by atoms with Crippen molar-refractivity contribution < 1.29 is 4.74 Å². The Kier molecular flexibility index (Phi) is 3.82. The molecule has 1 heterocycles. The molecule has 1 aromatic heterocycles. The van der Waals surface area contributed by atoms with Gasteiger partial charge in [-0.2, -0.15) is 0 Å². The van der Waals surface area contributed by atoms with Crippen molar-refractivity contribution in [3.8, 4) is 5.88 Å². The minimum atomic E-state index is 0.709. The van der Waals surface area contributed by atoms with Gasteiger partial charge in [-0.3, -0.25) is 0 Å². The van der Waals surface area contributed by atoms with Crippen LogP contribution < -0.4 is 4.74 Å². The van der Waals surface area contributed by atoms with Crippen LogP contribution in [-0.4, -0.2) is 36.1 Å². The van der Waals surface area contributed by atoms with Crippen LogP contribution in [0.2, 0.25) is 0 Å². The Labute approximate surface area is 105 Å². The molecule has 3 nitrogen and oxygen atoms in total. The van der Waals surface area contributed by atoms with Gasteiger partial charge in [-0.1, -0.05) is 0 Å². The molecule has 0 unspecified atom stereocenters. The molecule has 4 heteroatoms. The quantitative estimate of drug-likeness (QED) is 0.831. The third-order valence-electron chi connectivity index (χ3n) is 2.86. The average molecular weight is 285 g/mol. The molecule has 0 atom stereocenters. The van der Waals surface area contributed by atoms with Gasteiger partial charge in [0, 0.05) is 23.1 Å². The second-order valence-electron chi connectivity index (χ2n) is 4.28. The summed E-state index contributed by atoms with van der Waals surface area (Å²) in [4.78, 5) is 6.70. The van der Waals surface area contributed by atoms with Crippen molar-refractivity contribution in [2.75, 3.05) is 20.2 Å². The number of hydrogen-bond donors (Lipinski definition) is 0. The van der Waals surface area contributed by atoms with Gasteiger partial charge < -0.3 is 9.64 Å². The number of aromatic nitrogens is 1. The van der Waals surface area contributed by atoms with Crippen molar-refractivity contribution in [1.29, 1.82) is 0 Å². The molecule has 0 radical (unpaired) electrons. The lowest BCUT2D eigenvalue weighted by Crippen LogP contribution is -2.26. The summed E-state index contributed by atoms with van der Waals surface area (Å²) in [6.07, 6.45) is 2.68. The minimum absolute atomic E-state index is 0.709. The van der Waals surface area contributed by atoms with Crippen LogP contribution in [0.3, 0.4) is 0 Å². The van der Waals surface area contributed by atoms with E-state index in [2.05, 4.69) is 32.9 Å². The van der Waals surface area contributed by atoms with Crippen molar-refractivity contribution in [3.63, 3.8) is 0 Å². The molecule has 16 heavy (non-hydrogen) atoms. The summed E-state index contributed by atoms with van der Waals surface area (Å²) in [6, 6.07) is 4.67. The smallest absolute Gasteiger partial charge is 0.213 e. The number of likely N-dealkylation sites (N-methyl/N-ethyl adjacent to an activating group) is 1. The molecule has 2 rings (SSSR count). The lowest BCUT2D eigenvalue weighted by Gasteiger charge is -2.15. The van der Waals surface area contributed by atoms with Crippen molar-refractivity contribution in [2.24, 2.45) is 0 Å². The lowest BCUT2D eigenvalue weighted by atomic mass is 10.4. The topological polar surface area (TPSA) is 25.4 Å².